The van der Waals surface area contributed by atoms with Crippen LogP contribution in [0.15, 0.2) is 18.2 Å². The van der Waals surface area contributed by atoms with Crippen molar-refractivity contribution in [1.82, 2.24) is 15.5 Å². The van der Waals surface area contributed by atoms with E-state index < -0.39 is 41.1 Å². The Labute approximate surface area is 223 Å². The zero-order valence-corrected chi connectivity index (χ0v) is 23.4. The van der Waals surface area contributed by atoms with Crippen molar-refractivity contribution in [3.05, 3.63) is 34.3 Å². The zero-order chi connectivity index (χ0) is 28.0. The van der Waals surface area contributed by atoms with Gasteiger partial charge in [-0.15, -0.1) is 0 Å². The van der Waals surface area contributed by atoms with Gasteiger partial charge in [-0.05, 0) is 64.8 Å². The van der Waals surface area contributed by atoms with Gasteiger partial charge < -0.3 is 29.7 Å². The van der Waals surface area contributed by atoms with Gasteiger partial charge in [0.1, 0.15) is 17.7 Å². The van der Waals surface area contributed by atoms with Gasteiger partial charge >= 0.3 is 12.1 Å². The summed E-state index contributed by atoms with van der Waals surface area (Å²) in [6.45, 7) is 12.5. The third-order valence-corrected chi connectivity index (χ3v) is 6.28. The van der Waals surface area contributed by atoms with Crippen LogP contribution in [0.2, 0.25) is 5.02 Å². The molecule has 3 amide bonds. The summed E-state index contributed by atoms with van der Waals surface area (Å²) in [5, 5.41) is 6.04. The Morgan fingerprint density at radius 2 is 1.76 bits per heavy atom. The molecule has 1 unspecified atom stereocenters. The first-order valence-corrected chi connectivity index (χ1v) is 12.6. The number of ether oxygens (including phenoxy) is 3. The Morgan fingerprint density at radius 1 is 1.11 bits per heavy atom. The highest BCUT2D eigenvalue weighted by atomic mass is 35.5. The van der Waals surface area contributed by atoms with Crippen molar-refractivity contribution in [2.75, 3.05) is 19.8 Å². The number of hydrogen-bond donors (Lipinski definition) is 2. The van der Waals surface area contributed by atoms with E-state index in [0.29, 0.717) is 17.2 Å². The number of carbonyl (C=O) groups is 4. The van der Waals surface area contributed by atoms with Gasteiger partial charge in [0.2, 0.25) is 11.8 Å². The summed E-state index contributed by atoms with van der Waals surface area (Å²) in [5.41, 5.74) is -0.221. The number of alkyl carbamates (subject to hydrolysis) is 1. The summed E-state index contributed by atoms with van der Waals surface area (Å²) in [6.07, 6.45) is -1.24. The van der Waals surface area contributed by atoms with Gasteiger partial charge in [-0.2, -0.15) is 0 Å². The van der Waals surface area contributed by atoms with Gasteiger partial charge in [-0.3, -0.25) is 14.4 Å². The number of esters is 1. The number of carbonyl (C=O) groups excluding carboxylic acids is 4. The van der Waals surface area contributed by atoms with Crippen molar-refractivity contribution in [3.63, 3.8) is 0 Å². The Hall–Kier alpha value is -2.85. The molecule has 37 heavy (non-hydrogen) atoms. The fourth-order valence-electron chi connectivity index (χ4n) is 3.72. The molecule has 2 N–H and O–H groups in total. The van der Waals surface area contributed by atoms with Crippen molar-refractivity contribution >= 4 is 35.5 Å². The van der Waals surface area contributed by atoms with Crippen molar-refractivity contribution in [2.45, 2.75) is 79.3 Å². The van der Waals surface area contributed by atoms with E-state index in [9.17, 15) is 19.2 Å². The lowest BCUT2D eigenvalue weighted by atomic mass is 9.85. The average molecular weight is 540 g/mol. The summed E-state index contributed by atoms with van der Waals surface area (Å²) < 4.78 is 16.0. The first-order chi connectivity index (χ1) is 17.1. The quantitative estimate of drug-likeness (QED) is 0.486. The Bertz CT molecular complexity index is 1010. The lowest BCUT2D eigenvalue weighted by Crippen LogP contribution is -2.60. The molecule has 11 heteroatoms. The maximum Gasteiger partial charge on any atom is 0.407 e. The molecular weight excluding hydrogens is 502 g/mol. The number of hydrogen-bond acceptors (Lipinski definition) is 7. The zero-order valence-electron chi connectivity index (χ0n) is 22.6. The molecule has 0 bridgehead atoms. The smallest absolute Gasteiger partial charge is 0.407 e. The van der Waals surface area contributed by atoms with Crippen LogP contribution in [0.5, 0.6) is 0 Å². The molecule has 1 aliphatic heterocycles. The molecule has 10 nitrogen and oxygen atoms in total. The summed E-state index contributed by atoms with van der Waals surface area (Å²) >= 11 is 6.18. The lowest BCUT2D eigenvalue weighted by Gasteiger charge is -2.40. The first-order valence-electron chi connectivity index (χ1n) is 12.2. The van der Waals surface area contributed by atoms with Gasteiger partial charge in [0.15, 0.2) is 0 Å². The molecule has 2 atom stereocenters. The second-order valence-electron chi connectivity index (χ2n) is 10.5. The Balaban J connectivity index is 2.10. The normalized spacial score (nSPS) is 17.0. The van der Waals surface area contributed by atoms with Crippen LogP contribution in [0.3, 0.4) is 0 Å². The number of benzene rings is 1. The highest BCUT2D eigenvalue weighted by Gasteiger charge is 2.43. The number of morpholine rings is 1. The van der Waals surface area contributed by atoms with Crippen LogP contribution in [0.25, 0.3) is 0 Å². The number of halogens is 1. The van der Waals surface area contributed by atoms with Crippen LogP contribution in [-0.2, 0) is 41.7 Å². The van der Waals surface area contributed by atoms with Crippen molar-refractivity contribution in [2.24, 2.45) is 5.41 Å². The van der Waals surface area contributed by atoms with Gasteiger partial charge in [0.05, 0.1) is 18.6 Å². The standard InChI is InChI=1S/C26H38ClN3O7/c1-16(36-17(2)31)26(6,7)23(33)30-10-11-35-15-21(30)22(32)28-14-19-12-20(27)9-8-18(19)13-29-24(34)37-25(3,4)5/h8-9,12,16,21H,10-11,13-15H2,1-7H3,(H,28,32)(H,29,34)/t16?,21-/m1/s1. The number of nitrogens with zero attached hydrogens (tertiary/aromatic N) is 1. The van der Waals surface area contributed by atoms with E-state index in [2.05, 4.69) is 10.6 Å². The van der Waals surface area contributed by atoms with Crippen LogP contribution in [0.4, 0.5) is 4.79 Å². The third-order valence-electron chi connectivity index (χ3n) is 6.05. The maximum atomic E-state index is 13.4. The van der Waals surface area contributed by atoms with Gasteiger partial charge in [-0.1, -0.05) is 17.7 Å². The number of rotatable bonds is 8. The minimum Gasteiger partial charge on any atom is -0.462 e. The second kappa shape index (κ2) is 12.6. The van der Waals surface area contributed by atoms with Crippen LogP contribution < -0.4 is 10.6 Å². The highest BCUT2D eigenvalue weighted by molar-refractivity contribution is 6.30. The second-order valence-corrected chi connectivity index (χ2v) is 11.0. The third kappa shape index (κ3) is 8.89. The summed E-state index contributed by atoms with van der Waals surface area (Å²) in [4.78, 5) is 51.5. The van der Waals surface area contributed by atoms with E-state index in [1.165, 1.54) is 11.8 Å². The summed E-state index contributed by atoms with van der Waals surface area (Å²) in [7, 11) is 0. The van der Waals surface area contributed by atoms with Crippen molar-refractivity contribution in [3.8, 4) is 0 Å². The topological polar surface area (TPSA) is 123 Å². The molecule has 2 rings (SSSR count). The summed E-state index contributed by atoms with van der Waals surface area (Å²) in [5.74, 6) is -1.19. The SMILES string of the molecule is CC(=O)OC(C)C(C)(C)C(=O)N1CCOC[C@@H]1C(=O)NCc1cc(Cl)ccc1CNC(=O)OC(C)(C)C. The molecule has 1 aromatic carbocycles. The molecular formula is C26H38ClN3O7. The first kappa shape index (κ1) is 30.4. The predicted octanol–water partition coefficient (Wildman–Crippen LogP) is 3.19. The predicted molar refractivity (Wildman–Crippen MR) is 138 cm³/mol. The summed E-state index contributed by atoms with van der Waals surface area (Å²) in [6, 6.07) is 4.31. The van der Waals surface area contributed by atoms with E-state index >= 15 is 0 Å². The van der Waals surface area contributed by atoms with Crippen LogP contribution in [-0.4, -0.2) is 66.3 Å². The molecule has 1 aliphatic rings. The molecule has 1 heterocycles. The number of nitrogens with one attached hydrogen (secondary N) is 2. The molecule has 0 spiro atoms. The minimum absolute atomic E-state index is 0.0399. The molecule has 0 aromatic heterocycles. The Morgan fingerprint density at radius 3 is 2.38 bits per heavy atom. The lowest BCUT2D eigenvalue weighted by molar-refractivity contribution is -0.166. The molecule has 1 fully saturated rings. The minimum atomic E-state index is -1.05. The maximum absolute atomic E-state index is 13.4. The van der Waals surface area contributed by atoms with Crippen LogP contribution in [0, 0.1) is 5.41 Å². The number of amides is 3. The van der Waals surface area contributed by atoms with Gasteiger partial charge in [0, 0.05) is 31.6 Å². The van der Waals surface area contributed by atoms with Gasteiger partial charge in [-0.25, -0.2) is 4.79 Å². The molecule has 0 radical (unpaired) electrons. The van der Waals surface area contributed by atoms with E-state index in [4.69, 9.17) is 25.8 Å². The molecule has 1 saturated heterocycles. The van der Waals surface area contributed by atoms with E-state index in [0.717, 1.165) is 5.56 Å². The van der Waals surface area contributed by atoms with Gasteiger partial charge in [0.25, 0.3) is 0 Å². The largest absolute Gasteiger partial charge is 0.462 e. The molecule has 1 aromatic rings. The molecule has 206 valence electrons. The highest BCUT2D eigenvalue weighted by Crippen LogP contribution is 2.28. The van der Waals surface area contributed by atoms with E-state index in [-0.39, 0.29) is 32.1 Å². The monoisotopic (exact) mass is 539 g/mol. The van der Waals surface area contributed by atoms with Crippen molar-refractivity contribution < 1.29 is 33.4 Å². The van der Waals surface area contributed by atoms with Crippen molar-refractivity contribution in [1.29, 1.82) is 0 Å². The van der Waals surface area contributed by atoms with Crippen LogP contribution in [0.1, 0.15) is 59.6 Å². The Kier molecular flexibility index (Phi) is 10.3. The fourth-order valence-corrected chi connectivity index (χ4v) is 3.91. The van der Waals surface area contributed by atoms with E-state index in [1.54, 1.807) is 59.7 Å². The van der Waals surface area contributed by atoms with Crippen LogP contribution >= 0.6 is 11.6 Å². The molecule has 0 aliphatic carbocycles. The molecule has 0 saturated carbocycles. The van der Waals surface area contributed by atoms with E-state index in [1.807, 2.05) is 0 Å². The fraction of sp³-hybridized carbons (Fsp3) is 0.615. The average Bonchev–Trinajstić information content (AvgIpc) is 2.79.